The van der Waals surface area contributed by atoms with E-state index in [1.807, 2.05) is 0 Å². The van der Waals surface area contributed by atoms with E-state index in [1.165, 1.54) is 36.0 Å². The van der Waals surface area contributed by atoms with Crippen LogP contribution in [0.1, 0.15) is 10.4 Å². The smallest absolute Gasteiger partial charge is 0.251 e. The Morgan fingerprint density at radius 2 is 1.77 bits per heavy atom. The molecule has 0 aromatic heterocycles. The minimum absolute atomic E-state index is 0.0922. The summed E-state index contributed by atoms with van der Waals surface area (Å²) in [5.74, 6) is -2.24. The summed E-state index contributed by atoms with van der Waals surface area (Å²) in [5.41, 5.74) is 5.02. The molecule has 2 amide bonds. The maximum atomic E-state index is 13.3. The quantitative estimate of drug-likeness (QED) is 0.832. The van der Waals surface area contributed by atoms with E-state index >= 15 is 0 Å². The number of thioether (sulfide) groups is 1. The number of carbonyl (C=O) groups is 2. The van der Waals surface area contributed by atoms with Crippen LogP contribution >= 0.6 is 11.8 Å². The lowest BCUT2D eigenvalue weighted by Gasteiger charge is -2.07. The van der Waals surface area contributed by atoms with Crippen molar-refractivity contribution in [1.82, 2.24) is 0 Å². The summed E-state index contributed by atoms with van der Waals surface area (Å²) in [6, 6.07) is 9.31. The number of anilines is 1. The standard InChI is InChI=1S/C15H12F2N2O2S/c16-9-1-4-11(5-2-9)22-8-14(20)19-10-3-6-13(17)12(7-10)15(18)21/h1-7H,8H2,(H2,18,21)(H,19,20). The summed E-state index contributed by atoms with van der Waals surface area (Å²) in [7, 11) is 0. The van der Waals surface area contributed by atoms with Crippen LogP contribution in [0.4, 0.5) is 14.5 Å². The Kier molecular flexibility index (Phi) is 5.11. The Labute approximate surface area is 129 Å². The molecule has 2 aromatic rings. The van der Waals surface area contributed by atoms with Gasteiger partial charge in [0.25, 0.3) is 5.91 Å². The molecule has 0 radical (unpaired) electrons. The first-order chi connectivity index (χ1) is 10.5. The highest BCUT2D eigenvalue weighted by atomic mass is 32.2. The van der Waals surface area contributed by atoms with Crippen molar-refractivity contribution in [2.45, 2.75) is 4.90 Å². The van der Waals surface area contributed by atoms with Crippen LogP contribution in [0.15, 0.2) is 47.4 Å². The zero-order chi connectivity index (χ0) is 16.1. The Bertz CT molecular complexity index is 705. The van der Waals surface area contributed by atoms with Gasteiger partial charge in [0.05, 0.1) is 11.3 Å². The fourth-order valence-electron chi connectivity index (χ4n) is 1.67. The van der Waals surface area contributed by atoms with Crippen LogP contribution in [0.3, 0.4) is 0 Å². The van der Waals surface area contributed by atoms with E-state index in [2.05, 4.69) is 5.32 Å². The molecule has 0 spiro atoms. The van der Waals surface area contributed by atoms with Crippen molar-refractivity contribution >= 4 is 29.3 Å². The lowest BCUT2D eigenvalue weighted by molar-refractivity contribution is -0.113. The molecule has 0 fully saturated rings. The SMILES string of the molecule is NC(=O)c1cc(NC(=O)CSc2ccc(F)cc2)ccc1F. The van der Waals surface area contributed by atoms with Gasteiger partial charge in [-0.05, 0) is 42.5 Å². The first-order valence-corrected chi connectivity index (χ1v) is 7.22. The van der Waals surface area contributed by atoms with Crippen molar-refractivity contribution in [3.8, 4) is 0 Å². The van der Waals surface area contributed by atoms with Crippen LogP contribution in [0.5, 0.6) is 0 Å². The Morgan fingerprint density at radius 3 is 2.41 bits per heavy atom. The molecule has 0 unspecified atom stereocenters. The molecule has 2 aromatic carbocycles. The van der Waals surface area contributed by atoms with Gasteiger partial charge in [-0.3, -0.25) is 9.59 Å². The molecule has 0 aliphatic heterocycles. The number of nitrogens with one attached hydrogen (secondary N) is 1. The highest BCUT2D eigenvalue weighted by Crippen LogP contribution is 2.19. The average Bonchev–Trinajstić information content (AvgIpc) is 2.48. The van der Waals surface area contributed by atoms with Gasteiger partial charge in [-0.1, -0.05) is 0 Å². The topological polar surface area (TPSA) is 72.2 Å². The molecule has 0 bridgehead atoms. The van der Waals surface area contributed by atoms with Crippen molar-refractivity contribution in [2.75, 3.05) is 11.1 Å². The van der Waals surface area contributed by atoms with Crippen molar-refractivity contribution in [1.29, 1.82) is 0 Å². The van der Waals surface area contributed by atoms with Gasteiger partial charge in [-0.15, -0.1) is 11.8 Å². The highest BCUT2D eigenvalue weighted by Gasteiger charge is 2.10. The van der Waals surface area contributed by atoms with Gasteiger partial charge in [-0.2, -0.15) is 0 Å². The summed E-state index contributed by atoms with van der Waals surface area (Å²) < 4.78 is 26.1. The molecule has 0 saturated carbocycles. The first-order valence-electron chi connectivity index (χ1n) is 6.23. The second-order valence-corrected chi connectivity index (χ2v) is 5.40. The lowest BCUT2D eigenvalue weighted by Crippen LogP contribution is -2.17. The molecule has 7 heteroatoms. The third kappa shape index (κ3) is 4.29. The van der Waals surface area contributed by atoms with Gasteiger partial charge in [-0.25, -0.2) is 8.78 Å². The molecule has 0 aliphatic carbocycles. The normalized spacial score (nSPS) is 10.3. The van der Waals surface area contributed by atoms with Crippen LogP contribution in [0, 0.1) is 11.6 Å². The fraction of sp³-hybridized carbons (Fsp3) is 0.0667. The summed E-state index contributed by atoms with van der Waals surface area (Å²) in [5, 5.41) is 2.54. The monoisotopic (exact) mass is 322 g/mol. The van der Waals surface area contributed by atoms with Crippen LogP contribution in [-0.4, -0.2) is 17.6 Å². The maximum absolute atomic E-state index is 13.3. The zero-order valence-corrected chi connectivity index (χ0v) is 12.1. The second kappa shape index (κ2) is 7.04. The number of hydrogen-bond donors (Lipinski definition) is 2. The second-order valence-electron chi connectivity index (χ2n) is 4.35. The molecule has 22 heavy (non-hydrogen) atoms. The summed E-state index contributed by atoms with van der Waals surface area (Å²) in [6.07, 6.45) is 0. The predicted molar refractivity (Wildman–Crippen MR) is 80.7 cm³/mol. The number of nitrogens with two attached hydrogens (primary N) is 1. The molecule has 0 saturated heterocycles. The number of amides is 2. The van der Waals surface area contributed by atoms with Crippen molar-refractivity contribution in [2.24, 2.45) is 5.73 Å². The number of primary amides is 1. The van der Waals surface area contributed by atoms with Crippen molar-refractivity contribution < 1.29 is 18.4 Å². The molecule has 0 atom stereocenters. The van der Waals surface area contributed by atoms with Gasteiger partial charge >= 0.3 is 0 Å². The van der Waals surface area contributed by atoms with E-state index in [1.54, 1.807) is 12.1 Å². The fourth-order valence-corrected chi connectivity index (χ4v) is 2.37. The third-order valence-corrected chi connectivity index (χ3v) is 3.71. The summed E-state index contributed by atoms with van der Waals surface area (Å²) in [6.45, 7) is 0. The van der Waals surface area contributed by atoms with Gasteiger partial charge in [0.1, 0.15) is 11.6 Å². The molecule has 2 rings (SSSR count). The Hall–Kier alpha value is -2.41. The maximum Gasteiger partial charge on any atom is 0.251 e. The summed E-state index contributed by atoms with van der Waals surface area (Å²) >= 11 is 1.23. The Balaban J connectivity index is 1.96. The van der Waals surface area contributed by atoms with Gasteiger partial charge in [0.15, 0.2) is 0 Å². The number of hydrogen-bond acceptors (Lipinski definition) is 3. The minimum atomic E-state index is -0.908. The van der Waals surface area contributed by atoms with E-state index in [4.69, 9.17) is 5.73 Å². The minimum Gasteiger partial charge on any atom is -0.366 e. The summed E-state index contributed by atoms with van der Waals surface area (Å²) in [4.78, 5) is 23.6. The van der Waals surface area contributed by atoms with E-state index in [-0.39, 0.29) is 28.7 Å². The number of carbonyl (C=O) groups excluding carboxylic acids is 2. The predicted octanol–water partition coefficient (Wildman–Crippen LogP) is 2.79. The number of halogens is 2. The van der Waals surface area contributed by atoms with Crippen molar-refractivity contribution in [3.05, 3.63) is 59.7 Å². The van der Waals surface area contributed by atoms with Gasteiger partial charge < -0.3 is 11.1 Å². The van der Waals surface area contributed by atoms with Gasteiger partial charge in [0, 0.05) is 10.6 Å². The molecule has 114 valence electrons. The number of benzene rings is 2. The zero-order valence-electron chi connectivity index (χ0n) is 11.3. The molecular weight excluding hydrogens is 310 g/mol. The highest BCUT2D eigenvalue weighted by molar-refractivity contribution is 8.00. The van der Waals surface area contributed by atoms with Crippen molar-refractivity contribution in [3.63, 3.8) is 0 Å². The molecular formula is C15H12F2N2O2S. The van der Waals surface area contributed by atoms with E-state index in [0.29, 0.717) is 0 Å². The van der Waals surface area contributed by atoms with E-state index < -0.39 is 11.7 Å². The Morgan fingerprint density at radius 1 is 1.09 bits per heavy atom. The van der Waals surface area contributed by atoms with Crippen LogP contribution in [0.2, 0.25) is 0 Å². The first kappa shape index (κ1) is 16.0. The third-order valence-electron chi connectivity index (χ3n) is 2.70. The van der Waals surface area contributed by atoms with E-state index in [9.17, 15) is 18.4 Å². The van der Waals surface area contributed by atoms with Crippen LogP contribution in [-0.2, 0) is 4.79 Å². The van der Waals surface area contributed by atoms with E-state index in [0.717, 1.165) is 11.0 Å². The largest absolute Gasteiger partial charge is 0.366 e. The van der Waals surface area contributed by atoms with Crippen LogP contribution < -0.4 is 11.1 Å². The molecule has 0 aliphatic rings. The van der Waals surface area contributed by atoms with Gasteiger partial charge in [0.2, 0.25) is 5.91 Å². The average molecular weight is 322 g/mol. The van der Waals surface area contributed by atoms with Crippen LogP contribution in [0.25, 0.3) is 0 Å². The molecule has 3 N–H and O–H groups in total. The lowest BCUT2D eigenvalue weighted by atomic mass is 10.2. The molecule has 4 nitrogen and oxygen atoms in total. The number of rotatable bonds is 5. The molecule has 0 heterocycles.